The molecule has 0 aliphatic heterocycles. The number of nitrogens with two attached hydrogens (primary N) is 1. The lowest BCUT2D eigenvalue weighted by Gasteiger charge is -2.20. The van der Waals surface area contributed by atoms with Crippen molar-refractivity contribution in [3.05, 3.63) is 72.9 Å². The fourth-order valence-electron chi connectivity index (χ4n) is 5.52. The van der Waals surface area contributed by atoms with Gasteiger partial charge in [-0.05, 0) is 70.6 Å². The molecule has 0 fully saturated rings. The highest BCUT2D eigenvalue weighted by molar-refractivity contribution is 7.47. The van der Waals surface area contributed by atoms with Gasteiger partial charge >= 0.3 is 25.7 Å². The SMILES string of the molecule is CC/C=C/C/C=C/C/C=C/C/C=C/C/C=C/CCCCCC(=O)OC[C@H](COP(=O)(O)OC[C@H](N)C(=O)O)OC(=O)CC/C=C/CCCCCCCCCCCCC. The lowest BCUT2D eigenvalue weighted by Crippen LogP contribution is -2.34. The maximum atomic E-state index is 12.6. The Kier molecular flexibility index (Phi) is 38.5. The van der Waals surface area contributed by atoms with Gasteiger partial charge in [-0.1, -0.05) is 157 Å². The fourth-order valence-corrected chi connectivity index (χ4v) is 6.30. The molecule has 332 valence electrons. The monoisotopic (exact) mass is 836 g/mol. The van der Waals surface area contributed by atoms with Crippen LogP contribution < -0.4 is 5.73 Å². The van der Waals surface area contributed by atoms with Gasteiger partial charge in [-0.3, -0.25) is 23.4 Å². The van der Waals surface area contributed by atoms with Gasteiger partial charge < -0.3 is 25.2 Å². The molecule has 0 aromatic rings. The van der Waals surface area contributed by atoms with E-state index in [2.05, 4.69) is 85.2 Å². The molecule has 0 radical (unpaired) electrons. The van der Waals surface area contributed by atoms with Crippen LogP contribution in [-0.2, 0) is 37.5 Å². The van der Waals surface area contributed by atoms with Gasteiger partial charge in [0.25, 0.3) is 0 Å². The number of hydrogen-bond donors (Lipinski definition) is 3. The van der Waals surface area contributed by atoms with Crippen molar-refractivity contribution in [1.29, 1.82) is 0 Å². The van der Waals surface area contributed by atoms with E-state index in [4.69, 9.17) is 24.8 Å². The molecule has 11 nitrogen and oxygen atoms in total. The number of carboxylic acid groups (broad SMARTS) is 1. The predicted octanol–water partition coefficient (Wildman–Crippen LogP) is 11.7. The van der Waals surface area contributed by atoms with Gasteiger partial charge in [-0.25, -0.2) is 4.57 Å². The molecule has 0 aromatic heterocycles. The number of phosphoric ester groups is 1. The van der Waals surface area contributed by atoms with Crippen LogP contribution in [0.1, 0.15) is 168 Å². The number of ether oxygens (including phenoxy) is 2. The number of unbranched alkanes of at least 4 members (excludes halogenated alkanes) is 14. The average Bonchev–Trinajstić information content (AvgIpc) is 3.20. The quantitative estimate of drug-likeness (QED) is 0.0232. The Morgan fingerprint density at radius 2 is 1.00 bits per heavy atom. The lowest BCUT2D eigenvalue weighted by molar-refractivity contribution is -0.161. The first-order valence-electron chi connectivity index (χ1n) is 22.0. The number of carboxylic acids is 1. The highest BCUT2D eigenvalue weighted by Gasteiger charge is 2.28. The number of esters is 2. The Balaban J connectivity index is 4.46. The third-order valence-corrected chi connectivity index (χ3v) is 9.90. The maximum Gasteiger partial charge on any atom is 0.472 e. The van der Waals surface area contributed by atoms with E-state index in [0.717, 1.165) is 64.2 Å². The van der Waals surface area contributed by atoms with Crippen molar-refractivity contribution in [3.8, 4) is 0 Å². The molecule has 0 heterocycles. The number of allylic oxidation sites excluding steroid dienone is 12. The zero-order chi connectivity index (χ0) is 42.8. The first-order valence-corrected chi connectivity index (χ1v) is 23.5. The molecule has 0 aliphatic carbocycles. The normalized spacial score (nSPS) is 14.4. The van der Waals surface area contributed by atoms with Crippen LogP contribution in [-0.4, -0.2) is 59.9 Å². The molecule has 0 saturated carbocycles. The summed E-state index contributed by atoms with van der Waals surface area (Å²) in [6.07, 6.45) is 48.4. The van der Waals surface area contributed by atoms with Crippen molar-refractivity contribution in [2.75, 3.05) is 19.8 Å². The van der Waals surface area contributed by atoms with Crippen molar-refractivity contribution >= 4 is 25.7 Å². The van der Waals surface area contributed by atoms with Crippen LogP contribution in [0.3, 0.4) is 0 Å². The molecule has 1 unspecified atom stereocenters. The number of hydrogen-bond acceptors (Lipinski definition) is 9. The van der Waals surface area contributed by atoms with E-state index in [1.807, 2.05) is 6.08 Å². The molecular weight excluding hydrogens is 757 g/mol. The van der Waals surface area contributed by atoms with Crippen molar-refractivity contribution in [2.45, 2.75) is 180 Å². The highest BCUT2D eigenvalue weighted by Crippen LogP contribution is 2.43. The van der Waals surface area contributed by atoms with E-state index in [1.54, 1.807) is 0 Å². The smallest absolute Gasteiger partial charge is 0.472 e. The topological polar surface area (TPSA) is 172 Å². The van der Waals surface area contributed by atoms with Gasteiger partial charge in [-0.2, -0.15) is 0 Å². The molecule has 0 spiro atoms. The van der Waals surface area contributed by atoms with Crippen molar-refractivity contribution in [3.63, 3.8) is 0 Å². The van der Waals surface area contributed by atoms with Crippen LogP contribution in [0.25, 0.3) is 0 Å². The minimum atomic E-state index is -4.74. The summed E-state index contributed by atoms with van der Waals surface area (Å²) in [4.78, 5) is 45.9. The summed E-state index contributed by atoms with van der Waals surface area (Å²) in [5.41, 5.74) is 5.33. The van der Waals surface area contributed by atoms with Crippen LogP contribution in [0, 0.1) is 0 Å². The predicted molar refractivity (Wildman–Crippen MR) is 235 cm³/mol. The van der Waals surface area contributed by atoms with E-state index >= 15 is 0 Å². The number of carbonyl (C=O) groups excluding carboxylic acids is 2. The Morgan fingerprint density at radius 3 is 1.53 bits per heavy atom. The summed E-state index contributed by atoms with van der Waals surface area (Å²) in [5.74, 6) is -2.49. The first kappa shape index (κ1) is 54.9. The van der Waals surface area contributed by atoms with Crippen molar-refractivity contribution in [1.82, 2.24) is 0 Å². The molecule has 4 N–H and O–H groups in total. The molecule has 0 aromatic carbocycles. The lowest BCUT2D eigenvalue weighted by atomic mass is 10.1. The molecule has 0 bridgehead atoms. The van der Waals surface area contributed by atoms with Gasteiger partial charge in [0, 0.05) is 12.8 Å². The van der Waals surface area contributed by atoms with Gasteiger partial charge in [0.05, 0.1) is 13.2 Å². The van der Waals surface area contributed by atoms with Crippen molar-refractivity contribution in [2.24, 2.45) is 5.73 Å². The third-order valence-electron chi connectivity index (χ3n) is 8.95. The van der Waals surface area contributed by atoms with E-state index in [1.165, 1.54) is 64.2 Å². The average molecular weight is 836 g/mol. The van der Waals surface area contributed by atoms with Gasteiger partial charge in [0.1, 0.15) is 12.6 Å². The van der Waals surface area contributed by atoms with Crippen LogP contribution in [0.2, 0.25) is 0 Å². The Labute approximate surface area is 350 Å². The van der Waals surface area contributed by atoms with E-state index in [-0.39, 0.29) is 19.4 Å². The number of rotatable bonds is 40. The maximum absolute atomic E-state index is 12.6. The Hall–Kier alpha value is -3.08. The molecule has 0 amide bonds. The van der Waals surface area contributed by atoms with E-state index in [0.29, 0.717) is 12.8 Å². The van der Waals surface area contributed by atoms with Crippen LogP contribution in [0.15, 0.2) is 72.9 Å². The van der Waals surface area contributed by atoms with Crippen molar-refractivity contribution < 1.29 is 47.5 Å². The molecule has 12 heteroatoms. The summed E-state index contributed by atoms with van der Waals surface area (Å²) in [6, 6.07) is -1.53. The van der Waals surface area contributed by atoms with Crippen LogP contribution >= 0.6 is 7.82 Å². The summed E-state index contributed by atoms with van der Waals surface area (Å²) < 4.78 is 32.6. The van der Waals surface area contributed by atoms with Gasteiger partial charge in [-0.15, -0.1) is 0 Å². The van der Waals surface area contributed by atoms with Gasteiger partial charge in [0.15, 0.2) is 6.10 Å². The third kappa shape index (κ3) is 39.7. The summed E-state index contributed by atoms with van der Waals surface area (Å²) in [6.45, 7) is 2.61. The second kappa shape index (κ2) is 40.7. The minimum absolute atomic E-state index is 0.0673. The first-order chi connectivity index (χ1) is 28.1. The summed E-state index contributed by atoms with van der Waals surface area (Å²) >= 11 is 0. The molecule has 0 aliphatic rings. The van der Waals surface area contributed by atoms with Crippen LogP contribution in [0.5, 0.6) is 0 Å². The largest absolute Gasteiger partial charge is 0.480 e. The summed E-state index contributed by atoms with van der Waals surface area (Å²) in [5, 5.41) is 8.89. The number of carbonyl (C=O) groups is 3. The summed E-state index contributed by atoms with van der Waals surface area (Å²) in [7, 11) is -4.74. The number of phosphoric acid groups is 1. The van der Waals surface area contributed by atoms with Crippen LogP contribution in [0.4, 0.5) is 0 Å². The Bertz CT molecular complexity index is 1260. The fraction of sp³-hybridized carbons (Fsp3) is 0.674. The molecule has 0 rings (SSSR count). The second-order valence-electron chi connectivity index (χ2n) is 14.4. The van der Waals surface area contributed by atoms with Gasteiger partial charge in [0.2, 0.25) is 0 Å². The standard InChI is InChI=1S/C46H78NO10P/c1-3-5-7-9-11-13-15-17-19-20-21-22-24-25-27-29-31-33-35-37-44(48)54-39-42(40-55-58(52,53)56-41-43(47)46(50)51)57-45(49)38-36-34-32-30-28-26-23-18-16-14-12-10-8-6-4-2/h5,7,11,13,17,19,21-22,25,27,32,34,42-43H,3-4,6,8-10,12,14-16,18,20,23-24,26,28-31,33,35-41,47H2,1-2H3,(H,50,51)(H,52,53)/b7-5+,13-11+,19-17+,22-21+,27-25+,34-32+/t42-,43+/m1/s1. The zero-order valence-electron chi connectivity index (χ0n) is 35.9. The number of aliphatic carboxylic acids is 1. The Morgan fingerprint density at radius 1 is 0.552 bits per heavy atom. The van der Waals surface area contributed by atoms with E-state index < -0.39 is 51.1 Å². The molecule has 0 saturated heterocycles. The molecule has 58 heavy (non-hydrogen) atoms. The highest BCUT2D eigenvalue weighted by atomic mass is 31.2. The van der Waals surface area contributed by atoms with E-state index in [9.17, 15) is 23.8 Å². The minimum Gasteiger partial charge on any atom is -0.480 e. The zero-order valence-corrected chi connectivity index (χ0v) is 36.8. The second-order valence-corrected chi connectivity index (χ2v) is 15.9. The molecular formula is C46H78NO10P. The molecule has 3 atom stereocenters.